The summed E-state index contributed by atoms with van der Waals surface area (Å²) < 4.78 is 6.18. The Morgan fingerprint density at radius 3 is 2.12 bits per heavy atom. The van der Waals surface area contributed by atoms with Crippen molar-refractivity contribution in [3.8, 4) is 0 Å². The van der Waals surface area contributed by atoms with Crippen LogP contribution in [0.3, 0.4) is 0 Å². The number of para-hydroxylation sites is 1. The van der Waals surface area contributed by atoms with Crippen molar-refractivity contribution in [2.45, 2.75) is 6.61 Å². The van der Waals surface area contributed by atoms with Crippen LogP contribution in [0.4, 0.5) is 5.69 Å². The van der Waals surface area contributed by atoms with E-state index >= 15 is 0 Å². The lowest BCUT2D eigenvalue weighted by Crippen LogP contribution is -2.07. The van der Waals surface area contributed by atoms with Crippen LogP contribution in [0.15, 0.2) is 108 Å². The third-order valence-electron chi connectivity index (χ3n) is 4.23. The lowest BCUT2D eigenvalue weighted by Gasteiger charge is -2.12. The van der Waals surface area contributed by atoms with Crippen LogP contribution in [-0.2, 0) is 11.3 Å². The van der Waals surface area contributed by atoms with Crippen molar-refractivity contribution in [2.75, 3.05) is 0 Å². The topological polar surface area (TPSA) is 21.6 Å². The highest BCUT2D eigenvalue weighted by Crippen LogP contribution is 2.22. The largest absolute Gasteiger partial charge is 0.472 e. The molecule has 0 fully saturated rings. The lowest BCUT2D eigenvalue weighted by atomic mass is 10.0. The first-order chi connectivity index (χ1) is 12.9. The number of aliphatic imine (C=N–C) groups is 1. The van der Waals surface area contributed by atoms with Gasteiger partial charge in [-0.05, 0) is 34.5 Å². The van der Waals surface area contributed by atoms with Gasteiger partial charge in [0.05, 0.1) is 5.69 Å². The smallest absolute Gasteiger partial charge is 0.222 e. The van der Waals surface area contributed by atoms with E-state index in [1.54, 1.807) is 0 Å². The van der Waals surface area contributed by atoms with Gasteiger partial charge in [-0.25, -0.2) is 4.99 Å². The van der Waals surface area contributed by atoms with Crippen molar-refractivity contribution in [3.05, 3.63) is 114 Å². The second kappa shape index (κ2) is 7.66. The zero-order valence-corrected chi connectivity index (χ0v) is 14.4. The van der Waals surface area contributed by atoms with Gasteiger partial charge in [-0.15, -0.1) is 0 Å². The first-order valence-electron chi connectivity index (χ1n) is 8.69. The molecule has 0 aromatic heterocycles. The van der Waals surface area contributed by atoms with E-state index < -0.39 is 0 Å². The Bertz CT molecular complexity index is 1020. The highest BCUT2D eigenvalue weighted by atomic mass is 16.5. The summed E-state index contributed by atoms with van der Waals surface area (Å²) in [5.74, 6) is 0.636. The van der Waals surface area contributed by atoms with Crippen LogP contribution in [0, 0.1) is 0 Å². The van der Waals surface area contributed by atoms with E-state index in [0.29, 0.717) is 12.5 Å². The Balaban J connectivity index is 1.76. The first-order valence-corrected chi connectivity index (χ1v) is 8.69. The van der Waals surface area contributed by atoms with Gasteiger partial charge in [0, 0.05) is 5.56 Å². The second-order valence-electron chi connectivity index (χ2n) is 6.05. The molecule has 126 valence electrons. The van der Waals surface area contributed by atoms with Crippen LogP contribution < -0.4 is 0 Å². The maximum absolute atomic E-state index is 6.18. The predicted octanol–water partition coefficient (Wildman–Crippen LogP) is 6.13. The van der Waals surface area contributed by atoms with E-state index in [4.69, 9.17) is 9.73 Å². The van der Waals surface area contributed by atoms with E-state index in [1.165, 1.54) is 5.39 Å². The Hall–Kier alpha value is -3.39. The molecule has 0 radical (unpaired) electrons. The molecule has 0 bridgehead atoms. The standard InChI is InChI=1S/C24H19NO/c1-3-10-19(11-4-1)18-26-24(25-21-14-5-2-6-15-21)23-17-9-13-20-12-7-8-16-22(20)23/h1-17H,18H2. The third-order valence-corrected chi connectivity index (χ3v) is 4.23. The van der Waals surface area contributed by atoms with Crippen molar-refractivity contribution in [1.82, 2.24) is 0 Å². The summed E-state index contributed by atoms with van der Waals surface area (Å²) in [5.41, 5.74) is 3.00. The number of rotatable bonds is 4. The van der Waals surface area contributed by atoms with Gasteiger partial charge in [-0.3, -0.25) is 0 Å². The summed E-state index contributed by atoms with van der Waals surface area (Å²) >= 11 is 0. The minimum atomic E-state index is 0.482. The molecule has 0 atom stereocenters. The van der Waals surface area contributed by atoms with E-state index in [-0.39, 0.29) is 0 Å². The number of hydrogen-bond donors (Lipinski definition) is 0. The van der Waals surface area contributed by atoms with Crippen LogP contribution in [0.5, 0.6) is 0 Å². The summed E-state index contributed by atoms with van der Waals surface area (Å²) in [6.45, 7) is 0.482. The predicted molar refractivity (Wildman–Crippen MR) is 108 cm³/mol. The number of nitrogens with zero attached hydrogens (tertiary/aromatic N) is 1. The molecule has 4 aromatic rings. The summed E-state index contributed by atoms with van der Waals surface area (Å²) in [6, 6.07) is 34.6. The number of hydrogen-bond acceptors (Lipinski definition) is 2. The van der Waals surface area contributed by atoms with E-state index in [2.05, 4.69) is 36.4 Å². The van der Waals surface area contributed by atoms with Crippen LogP contribution in [0.25, 0.3) is 10.8 Å². The molecular formula is C24H19NO. The molecule has 0 amide bonds. The second-order valence-corrected chi connectivity index (χ2v) is 6.05. The Morgan fingerprint density at radius 1 is 0.654 bits per heavy atom. The molecule has 2 nitrogen and oxygen atoms in total. The van der Waals surface area contributed by atoms with Gasteiger partial charge in [0.1, 0.15) is 6.61 Å². The number of benzene rings is 4. The Morgan fingerprint density at radius 2 is 1.31 bits per heavy atom. The Kier molecular flexibility index (Phi) is 4.74. The summed E-state index contributed by atoms with van der Waals surface area (Å²) in [5, 5.41) is 2.31. The van der Waals surface area contributed by atoms with Crippen LogP contribution in [-0.4, -0.2) is 5.90 Å². The fourth-order valence-corrected chi connectivity index (χ4v) is 2.93. The summed E-state index contributed by atoms with van der Waals surface area (Å²) in [4.78, 5) is 4.79. The van der Waals surface area contributed by atoms with Crippen LogP contribution in [0.2, 0.25) is 0 Å². The van der Waals surface area contributed by atoms with Crippen molar-refractivity contribution >= 4 is 22.4 Å². The van der Waals surface area contributed by atoms with Gasteiger partial charge in [0.2, 0.25) is 5.90 Å². The maximum atomic E-state index is 6.18. The lowest BCUT2D eigenvalue weighted by molar-refractivity contribution is 0.294. The maximum Gasteiger partial charge on any atom is 0.222 e. The fourth-order valence-electron chi connectivity index (χ4n) is 2.93. The molecule has 0 heterocycles. The van der Waals surface area contributed by atoms with Crippen LogP contribution in [0.1, 0.15) is 11.1 Å². The van der Waals surface area contributed by atoms with Crippen molar-refractivity contribution in [3.63, 3.8) is 0 Å². The average molecular weight is 337 g/mol. The SMILES string of the molecule is c1ccc(COC(=Nc2ccccc2)c2cccc3ccccc23)cc1. The molecule has 0 spiro atoms. The monoisotopic (exact) mass is 337 g/mol. The molecule has 0 saturated carbocycles. The number of ether oxygens (including phenoxy) is 1. The summed E-state index contributed by atoms with van der Waals surface area (Å²) in [6.07, 6.45) is 0. The van der Waals surface area contributed by atoms with E-state index in [1.807, 2.05) is 66.7 Å². The molecule has 0 N–H and O–H groups in total. The quantitative estimate of drug-likeness (QED) is 0.324. The third kappa shape index (κ3) is 3.65. The molecule has 0 unspecified atom stereocenters. The van der Waals surface area contributed by atoms with Gasteiger partial charge in [-0.1, -0.05) is 84.9 Å². The minimum absolute atomic E-state index is 0.482. The minimum Gasteiger partial charge on any atom is -0.472 e. The normalized spacial score (nSPS) is 11.5. The molecule has 0 aliphatic carbocycles. The molecule has 0 aliphatic heterocycles. The number of fused-ring (bicyclic) bond motifs is 1. The van der Waals surface area contributed by atoms with Gasteiger partial charge < -0.3 is 4.74 Å². The molecule has 0 aliphatic rings. The average Bonchev–Trinajstić information content (AvgIpc) is 2.72. The fraction of sp³-hybridized carbons (Fsp3) is 0.0417. The van der Waals surface area contributed by atoms with Crippen molar-refractivity contribution in [1.29, 1.82) is 0 Å². The molecule has 26 heavy (non-hydrogen) atoms. The van der Waals surface area contributed by atoms with Crippen molar-refractivity contribution < 1.29 is 4.74 Å². The summed E-state index contributed by atoms with van der Waals surface area (Å²) in [7, 11) is 0. The van der Waals surface area contributed by atoms with E-state index in [9.17, 15) is 0 Å². The van der Waals surface area contributed by atoms with Crippen molar-refractivity contribution in [2.24, 2.45) is 4.99 Å². The van der Waals surface area contributed by atoms with Gasteiger partial charge in [0.25, 0.3) is 0 Å². The Labute approximate surface area is 153 Å². The highest BCUT2D eigenvalue weighted by molar-refractivity contribution is 6.07. The zero-order chi connectivity index (χ0) is 17.6. The van der Waals surface area contributed by atoms with Gasteiger partial charge in [0.15, 0.2) is 0 Å². The van der Waals surface area contributed by atoms with Gasteiger partial charge in [-0.2, -0.15) is 0 Å². The highest BCUT2D eigenvalue weighted by Gasteiger charge is 2.10. The van der Waals surface area contributed by atoms with E-state index in [0.717, 1.165) is 22.2 Å². The van der Waals surface area contributed by atoms with Gasteiger partial charge >= 0.3 is 0 Å². The first kappa shape index (κ1) is 16.1. The molecule has 4 aromatic carbocycles. The molecular weight excluding hydrogens is 318 g/mol. The molecule has 2 heteroatoms. The molecule has 0 saturated heterocycles. The van der Waals surface area contributed by atoms with Crippen LogP contribution >= 0.6 is 0 Å². The molecule has 4 rings (SSSR count). The zero-order valence-electron chi connectivity index (χ0n) is 14.4.